The molecule has 3 N–H and O–H groups in total. The molecule has 10 unspecified atom stereocenters. The summed E-state index contributed by atoms with van der Waals surface area (Å²) in [7, 11) is 0. The SMILES string of the molecule is CC1=CC23OC2(CC(C)C3C)C(=O)C(C)C(O)C2C(C(O)C1O)C2(C)C. The summed E-state index contributed by atoms with van der Waals surface area (Å²) in [6.45, 7) is 11.8. The van der Waals surface area contributed by atoms with Crippen LogP contribution in [0.4, 0.5) is 0 Å². The zero-order valence-corrected chi connectivity index (χ0v) is 16.6. The third-order valence-corrected chi connectivity index (χ3v) is 8.36. The van der Waals surface area contributed by atoms with Crippen molar-refractivity contribution in [1.82, 2.24) is 0 Å². The van der Waals surface area contributed by atoms with Gasteiger partial charge in [-0.05, 0) is 54.1 Å². The Kier molecular flexibility index (Phi) is 3.72. The molecule has 1 saturated heterocycles. The number of aliphatic hydroxyl groups excluding tert-OH is 3. The van der Waals surface area contributed by atoms with Gasteiger partial charge in [-0.3, -0.25) is 4.79 Å². The first kappa shape index (κ1) is 18.6. The molecule has 0 aromatic carbocycles. The Balaban J connectivity index is 1.82. The molecule has 5 heteroatoms. The summed E-state index contributed by atoms with van der Waals surface area (Å²) in [5, 5.41) is 32.5. The zero-order chi connectivity index (χ0) is 19.4. The maximum Gasteiger partial charge on any atom is 0.173 e. The van der Waals surface area contributed by atoms with E-state index in [0.29, 0.717) is 17.9 Å². The van der Waals surface area contributed by atoms with Gasteiger partial charge in [0, 0.05) is 5.92 Å². The van der Waals surface area contributed by atoms with Crippen molar-refractivity contribution in [3.63, 3.8) is 0 Å². The Morgan fingerprint density at radius 1 is 1.08 bits per heavy atom. The second-order valence-corrected chi connectivity index (χ2v) is 10.0. The zero-order valence-electron chi connectivity index (χ0n) is 16.6. The molecule has 0 aromatic rings. The van der Waals surface area contributed by atoms with E-state index >= 15 is 0 Å². The van der Waals surface area contributed by atoms with Crippen molar-refractivity contribution in [2.75, 3.05) is 0 Å². The number of epoxide rings is 1. The molecule has 146 valence electrons. The lowest BCUT2D eigenvalue weighted by Gasteiger charge is -2.23. The largest absolute Gasteiger partial charge is 0.392 e. The molecule has 0 aromatic heterocycles. The molecule has 5 nitrogen and oxygen atoms in total. The number of aliphatic hydroxyl groups is 3. The van der Waals surface area contributed by atoms with E-state index in [-0.39, 0.29) is 29.0 Å². The molecule has 1 heterocycles. The van der Waals surface area contributed by atoms with Crippen molar-refractivity contribution in [2.24, 2.45) is 35.0 Å². The highest BCUT2D eigenvalue weighted by molar-refractivity contribution is 5.95. The highest BCUT2D eigenvalue weighted by Crippen LogP contribution is 2.69. The van der Waals surface area contributed by atoms with Crippen molar-refractivity contribution >= 4 is 5.78 Å². The number of hydrogen-bond acceptors (Lipinski definition) is 5. The molecule has 26 heavy (non-hydrogen) atoms. The number of Topliss-reactive ketones (excluding diaryl/α,β-unsaturated/α-hetero) is 1. The number of hydrogen-bond donors (Lipinski definition) is 3. The minimum atomic E-state index is -1.01. The van der Waals surface area contributed by atoms with E-state index in [2.05, 4.69) is 13.8 Å². The highest BCUT2D eigenvalue weighted by Gasteiger charge is 2.81. The van der Waals surface area contributed by atoms with E-state index in [9.17, 15) is 20.1 Å². The quantitative estimate of drug-likeness (QED) is 0.449. The van der Waals surface area contributed by atoms with Crippen LogP contribution in [-0.4, -0.2) is 50.6 Å². The first-order valence-corrected chi connectivity index (χ1v) is 9.90. The predicted molar refractivity (Wildman–Crippen MR) is 96.2 cm³/mol. The van der Waals surface area contributed by atoms with Gasteiger partial charge in [0.1, 0.15) is 11.7 Å². The Labute approximate surface area is 155 Å². The lowest BCUT2D eigenvalue weighted by atomic mass is 9.79. The van der Waals surface area contributed by atoms with Gasteiger partial charge >= 0.3 is 0 Å². The van der Waals surface area contributed by atoms with E-state index in [4.69, 9.17) is 4.74 Å². The summed E-state index contributed by atoms with van der Waals surface area (Å²) in [5.41, 5.74) is -1.27. The number of rotatable bonds is 0. The maximum atomic E-state index is 13.4. The standard InChI is InChI=1S/C21H32O5/c1-9-7-21-18(25)11(3)16(23)13-14(19(13,5)6)17(24)15(22)10(2)8-20(21,26-21)12(9)4/h8-9,11-17,22-24H,7H2,1-6H3. The van der Waals surface area contributed by atoms with Gasteiger partial charge in [-0.15, -0.1) is 0 Å². The molecule has 0 amide bonds. The minimum absolute atomic E-state index is 0.0300. The molecule has 0 radical (unpaired) electrons. The number of carbonyl (C=O) groups is 1. The normalized spacial score (nSPS) is 58.0. The fourth-order valence-corrected chi connectivity index (χ4v) is 6.35. The smallest absolute Gasteiger partial charge is 0.173 e. The van der Waals surface area contributed by atoms with Crippen LogP contribution in [0.1, 0.15) is 48.0 Å². The van der Waals surface area contributed by atoms with Crippen LogP contribution in [0.25, 0.3) is 0 Å². The molecule has 0 bridgehead atoms. The van der Waals surface area contributed by atoms with Gasteiger partial charge in [0.15, 0.2) is 11.4 Å². The van der Waals surface area contributed by atoms with Crippen LogP contribution in [0.3, 0.4) is 0 Å². The van der Waals surface area contributed by atoms with E-state index in [1.807, 2.05) is 19.9 Å². The average molecular weight is 364 g/mol. The third kappa shape index (κ3) is 1.98. The number of fused-ring (bicyclic) bond motifs is 1. The first-order chi connectivity index (χ1) is 11.9. The monoisotopic (exact) mass is 364 g/mol. The van der Waals surface area contributed by atoms with Crippen LogP contribution in [0, 0.1) is 35.0 Å². The lowest BCUT2D eigenvalue weighted by molar-refractivity contribution is -0.132. The lowest BCUT2D eigenvalue weighted by Crippen LogP contribution is -2.40. The van der Waals surface area contributed by atoms with Crippen LogP contribution in [-0.2, 0) is 9.53 Å². The topological polar surface area (TPSA) is 90.3 Å². The van der Waals surface area contributed by atoms with Gasteiger partial charge in [0.25, 0.3) is 0 Å². The Morgan fingerprint density at radius 3 is 2.27 bits per heavy atom. The summed E-state index contributed by atoms with van der Waals surface area (Å²) >= 11 is 0. The summed E-state index contributed by atoms with van der Waals surface area (Å²) in [5.74, 6) is -0.569. The van der Waals surface area contributed by atoms with Gasteiger partial charge in [-0.2, -0.15) is 0 Å². The Bertz CT molecular complexity index is 684. The molecular formula is C21H32O5. The van der Waals surface area contributed by atoms with E-state index < -0.39 is 35.4 Å². The molecular weight excluding hydrogens is 332 g/mol. The van der Waals surface area contributed by atoms with E-state index in [1.165, 1.54) is 0 Å². The second kappa shape index (κ2) is 5.19. The van der Waals surface area contributed by atoms with E-state index in [0.717, 1.165) is 0 Å². The summed E-state index contributed by atoms with van der Waals surface area (Å²) in [6, 6.07) is 0. The molecule has 4 rings (SSSR count). The van der Waals surface area contributed by atoms with Crippen molar-refractivity contribution in [3.05, 3.63) is 11.6 Å². The number of ketones is 1. The van der Waals surface area contributed by atoms with Crippen LogP contribution >= 0.6 is 0 Å². The van der Waals surface area contributed by atoms with Crippen LogP contribution in [0.15, 0.2) is 11.6 Å². The van der Waals surface area contributed by atoms with Gasteiger partial charge in [-0.25, -0.2) is 0 Å². The third-order valence-electron chi connectivity index (χ3n) is 8.36. The van der Waals surface area contributed by atoms with Crippen molar-refractivity contribution in [3.8, 4) is 0 Å². The summed E-state index contributed by atoms with van der Waals surface area (Å²) < 4.78 is 6.14. The Hall–Kier alpha value is -0.750. The molecule has 3 aliphatic carbocycles. The van der Waals surface area contributed by atoms with Crippen molar-refractivity contribution < 1.29 is 24.9 Å². The fraction of sp³-hybridized carbons (Fsp3) is 0.857. The Morgan fingerprint density at radius 2 is 1.65 bits per heavy atom. The first-order valence-electron chi connectivity index (χ1n) is 9.90. The summed E-state index contributed by atoms with van der Waals surface area (Å²) in [6.07, 6.45) is -0.282. The summed E-state index contributed by atoms with van der Waals surface area (Å²) in [4.78, 5) is 13.4. The molecule has 4 aliphatic rings. The van der Waals surface area contributed by atoms with Crippen LogP contribution in [0.5, 0.6) is 0 Å². The molecule has 10 atom stereocenters. The average Bonchev–Trinajstić information content (AvgIpc) is 3.37. The number of ether oxygens (including phenoxy) is 1. The van der Waals surface area contributed by atoms with Crippen molar-refractivity contribution in [1.29, 1.82) is 0 Å². The van der Waals surface area contributed by atoms with Gasteiger partial charge in [0.2, 0.25) is 0 Å². The molecule has 1 aliphatic heterocycles. The number of carbonyl (C=O) groups excluding carboxylic acids is 1. The van der Waals surface area contributed by atoms with Crippen LogP contribution < -0.4 is 0 Å². The van der Waals surface area contributed by atoms with Crippen molar-refractivity contribution in [2.45, 2.75) is 77.5 Å². The predicted octanol–water partition coefficient (Wildman–Crippen LogP) is 1.69. The minimum Gasteiger partial charge on any atom is -0.392 e. The van der Waals surface area contributed by atoms with E-state index in [1.54, 1.807) is 13.8 Å². The fourth-order valence-electron chi connectivity index (χ4n) is 6.35. The molecule has 3 fully saturated rings. The maximum absolute atomic E-state index is 13.4. The molecule has 2 saturated carbocycles. The second-order valence-electron chi connectivity index (χ2n) is 10.0. The van der Waals surface area contributed by atoms with Crippen LogP contribution in [0.2, 0.25) is 0 Å². The molecule has 0 spiro atoms. The van der Waals surface area contributed by atoms with Gasteiger partial charge in [0.05, 0.1) is 12.2 Å². The van der Waals surface area contributed by atoms with Gasteiger partial charge < -0.3 is 20.1 Å². The highest BCUT2D eigenvalue weighted by atomic mass is 16.6. The van der Waals surface area contributed by atoms with Gasteiger partial charge in [-0.1, -0.05) is 34.6 Å².